The summed E-state index contributed by atoms with van der Waals surface area (Å²) >= 11 is 0. The lowest BCUT2D eigenvalue weighted by Crippen LogP contribution is -2.32. The van der Waals surface area contributed by atoms with E-state index < -0.39 is 9.84 Å². The molecule has 2 N–H and O–H groups in total. The first-order chi connectivity index (χ1) is 11.3. The van der Waals surface area contributed by atoms with Crippen molar-refractivity contribution in [3.63, 3.8) is 0 Å². The molecule has 1 aliphatic heterocycles. The van der Waals surface area contributed by atoms with Crippen molar-refractivity contribution in [1.82, 2.24) is 5.32 Å². The van der Waals surface area contributed by atoms with Gasteiger partial charge in [-0.25, -0.2) is 8.42 Å². The maximum Gasteiger partial charge on any atom is 0.224 e. The summed E-state index contributed by atoms with van der Waals surface area (Å²) in [7, 11) is -3.10. The Morgan fingerprint density at radius 3 is 2.56 bits per heavy atom. The third-order valence-electron chi connectivity index (χ3n) is 4.83. The van der Waals surface area contributed by atoms with Crippen LogP contribution in [0.2, 0.25) is 0 Å². The zero-order valence-electron chi connectivity index (χ0n) is 15.2. The molecule has 142 valence electrons. The van der Waals surface area contributed by atoms with E-state index in [9.17, 15) is 13.2 Å². The van der Waals surface area contributed by atoms with E-state index in [1.54, 1.807) is 12.1 Å². The van der Waals surface area contributed by atoms with Gasteiger partial charge >= 0.3 is 0 Å². The van der Waals surface area contributed by atoms with Crippen LogP contribution in [0.4, 0.5) is 5.69 Å². The van der Waals surface area contributed by atoms with Crippen molar-refractivity contribution < 1.29 is 13.2 Å². The number of sulfone groups is 1. The minimum absolute atomic E-state index is 0. The standard InChI is InChI=1S/C18H28N2O3S.ClH/c1-13(15-7-9-19-10-8-15)11-18(21)20-17-6-4-5-16(14(17)2)12-24(3,22)23;/h4-6,13,15,19H,7-12H2,1-3H3,(H,20,21);1H. The predicted octanol–water partition coefficient (Wildman–Crippen LogP) is 2.93. The average Bonchev–Trinajstić information content (AvgIpc) is 2.51. The fourth-order valence-electron chi connectivity index (χ4n) is 3.33. The highest BCUT2D eigenvalue weighted by Crippen LogP contribution is 2.26. The number of hydrogen-bond acceptors (Lipinski definition) is 4. The molecule has 0 bridgehead atoms. The number of carbonyl (C=O) groups excluding carboxylic acids is 1. The van der Waals surface area contributed by atoms with Gasteiger partial charge in [0, 0.05) is 18.4 Å². The minimum Gasteiger partial charge on any atom is -0.326 e. The van der Waals surface area contributed by atoms with Crippen LogP contribution in [-0.2, 0) is 20.4 Å². The van der Waals surface area contributed by atoms with Crippen molar-refractivity contribution in [2.24, 2.45) is 11.8 Å². The number of piperidine rings is 1. The molecule has 1 saturated heterocycles. The minimum atomic E-state index is -3.10. The van der Waals surface area contributed by atoms with Crippen LogP contribution in [0.25, 0.3) is 0 Å². The summed E-state index contributed by atoms with van der Waals surface area (Å²) in [4.78, 5) is 12.4. The Hall–Kier alpha value is -1.11. The Balaban J connectivity index is 0.00000312. The Bertz CT molecular complexity index is 686. The van der Waals surface area contributed by atoms with Crippen molar-refractivity contribution in [3.05, 3.63) is 29.3 Å². The van der Waals surface area contributed by atoms with Gasteiger partial charge in [-0.3, -0.25) is 4.79 Å². The molecule has 2 rings (SSSR count). The molecule has 0 saturated carbocycles. The van der Waals surface area contributed by atoms with Gasteiger partial charge in [-0.05, 0) is 61.9 Å². The lowest BCUT2D eigenvalue weighted by molar-refractivity contribution is -0.117. The SMILES string of the molecule is Cc1c(CS(C)(=O)=O)cccc1NC(=O)CC(C)C1CCNCC1.Cl. The fourth-order valence-corrected chi connectivity index (χ4v) is 4.21. The molecule has 1 aromatic rings. The van der Waals surface area contributed by atoms with Crippen molar-refractivity contribution in [2.75, 3.05) is 24.7 Å². The van der Waals surface area contributed by atoms with Crippen molar-refractivity contribution in [1.29, 1.82) is 0 Å². The van der Waals surface area contributed by atoms with Gasteiger partial charge in [-0.15, -0.1) is 12.4 Å². The van der Waals surface area contributed by atoms with Crippen LogP contribution in [0.5, 0.6) is 0 Å². The summed E-state index contributed by atoms with van der Waals surface area (Å²) in [5, 5.41) is 6.30. The number of carbonyl (C=O) groups is 1. The zero-order chi connectivity index (χ0) is 17.7. The number of nitrogens with one attached hydrogen (secondary N) is 2. The molecule has 5 nitrogen and oxygen atoms in total. The molecule has 1 heterocycles. The molecular formula is C18H29ClN2O3S. The van der Waals surface area contributed by atoms with Gasteiger partial charge in [0.05, 0.1) is 5.75 Å². The van der Waals surface area contributed by atoms with E-state index in [2.05, 4.69) is 17.6 Å². The summed E-state index contributed by atoms with van der Waals surface area (Å²) in [5.41, 5.74) is 2.27. The number of anilines is 1. The molecule has 1 unspecified atom stereocenters. The molecule has 1 fully saturated rings. The summed E-state index contributed by atoms with van der Waals surface area (Å²) in [6.45, 7) is 6.06. The van der Waals surface area contributed by atoms with E-state index in [1.165, 1.54) is 6.26 Å². The quantitative estimate of drug-likeness (QED) is 0.785. The molecule has 0 aliphatic carbocycles. The first-order valence-corrected chi connectivity index (χ1v) is 10.6. The van der Waals surface area contributed by atoms with Crippen molar-refractivity contribution >= 4 is 33.8 Å². The zero-order valence-corrected chi connectivity index (χ0v) is 16.8. The number of rotatable bonds is 6. The molecule has 0 spiro atoms. The Labute approximate surface area is 157 Å². The summed E-state index contributed by atoms with van der Waals surface area (Å²) in [6.07, 6.45) is 3.97. The Morgan fingerprint density at radius 1 is 1.32 bits per heavy atom. The van der Waals surface area contributed by atoms with Gasteiger partial charge < -0.3 is 10.6 Å². The number of benzene rings is 1. The van der Waals surface area contributed by atoms with Crippen molar-refractivity contribution in [2.45, 2.75) is 38.9 Å². The molecular weight excluding hydrogens is 360 g/mol. The second-order valence-electron chi connectivity index (χ2n) is 6.98. The van der Waals surface area contributed by atoms with Crippen LogP contribution < -0.4 is 10.6 Å². The van der Waals surface area contributed by atoms with Gasteiger partial charge in [0.15, 0.2) is 9.84 Å². The van der Waals surface area contributed by atoms with E-state index >= 15 is 0 Å². The summed E-state index contributed by atoms with van der Waals surface area (Å²) in [5.74, 6) is 0.940. The number of hydrogen-bond donors (Lipinski definition) is 2. The van der Waals surface area contributed by atoms with Gasteiger partial charge in [0.2, 0.25) is 5.91 Å². The smallest absolute Gasteiger partial charge is 0.224 e. The second kappa shape index (κ2) is 9.55. The predicted molar refractivity (Wildman–Crippen MR) is 105 cm³/mol. The Kier molecular flexibility index (Phi) is 8.38. The van der Waals surface area contributed by atoms with E-state index in [4.69, 9.17) is 0 Å². The van der Waals surface area contributed by atoms with E-state index in [1.807, 2.05) is 13.0 Å². The van der Waals surface area contributed by atoms with E-state index in [0.29, 0.717) is 23.9 Å². The van der Waals surface area contributed by atoms with Crippen LogP contribution >= 0.6 is 12.4 Å². The third-order valence-corrected chi connectivity index (χ3v) is 5.67. The summed E-state index contributed by atoms with van der Waals surface area (Å²) < 4.78 is 23.0. The maximum atomic E-state index is 12.4. The molecule has 0 radical (unpaired) electrons. The third kappa shape index (κ3) is 6.96. The number of halogens is 1. The lowest BCUT2D eigenvalue weighted by atomic mass is 9.84. The highest BCUT2D eigenvalue weighted by atomic mass is 35.5. The molecule has 1 amide bonds. The highest BCUT2D eigenvalue weighted by molar-refractivity contribution is 7.89. The molecule has 7 heteroatoms. The van der Waals surface area contributed by atoms with Gasteiger partial charge in [0.1, 0.15) is 0 Å². The Morgan fingerprint density at radius 2 is 1.96 bits per heavy atom. The van der Waals surface area contributed by atoms with Crippen LogP contribution in [0.15, 0.2) is 18.2 Å². The largest absolute Gasteiger partial charge is 0.326 e. The maximum absolute atomic E-state index is 12.4. The van der Waals surface area contributed by atoms with Gasteiger partial charge in [0.25, 0.3) is 0 Å². The first kappa shape index (κ1) is 21.9. The molecule has 1 atom stereocenters. The van der Waals surface area contributed by atoms with E-state index in [-0.39, 0.29) is 24.1 Å². The topological polar surface area (TPSA) is 75.3 Å². The molecule has 1 aliphatic rings. The van der Waals surface area contributed by atoms with Crippen molar-refractivity contribution in [3.8, 4) is 0 Å². The highest BCUT2D eigenvalue weighted by Gasteiger charge is 2.22. The van der Waals surface area contributed by atoms with Crippen LogP contribution in [0.3, 0.4) is 0 Å². The molecule has 1 aromatic carbocycles. The van der Waals surface area contributed by atoms with Crippen LogP contribution in [0, 0.1) is 18.8 Å². The summed E-state index contributed by atoms with van der Waals surface area (Å²) in [6, 6.07) is 5.41. The normalized spacial score (nSPS) is 16.8. The fraction of sp³-hybridized carbons (Fsp3) is 0.611. The number of amides is 1. The van der Waals surface area contributed by atoms with Gasteiger partial charge in [-0.2, -0.15) is 0 Å². The van der Waals surface area contributed by atoms with Crippen LogP contribution in [0.1, 0.15) is 37.3 Å². The van der Waals surface area contributed by atoms with Crippen LogP contribution in [-0.4, -0.2) is 33.7 Å². The first-order valence-electron chi connectivity index (χ1n) is 8.53. The van der Waals surface area contributed by atoms with Gasteiger partial charge in [-0.1, -0.05) is 19.1 Å². The monoisotopic (exact) mass is 388 g/mol. The molecule has 25 heavy (non-hydrogen) atoms. The molecule has 0 aromatic heterocycles. The second-order valence-corrected chi connectivity index (χ2v) is 9.12. The average molecular weight is 389 g/mol. The lowest BCUT2D eigenvalue weighted by Gasteiger charge is -2.28. The van der Waals surface area contributed by atoms with E-state index in [0.717, 1.165) is 37.1 Å².